The third-order valence-electron chi connectivity index (χ3n) is 4.29. The number of amides is 1. The molecule has 3 rings (SSSR count). The number of hydrogen-bond donors (Lipinski definition) is 1. The number of nitrogens with one attached hydrogen (secondary N) is 1. The summed E-state index contributed by atoms with van der Waals surface area (Å²) in [6, 6.07) is 9.76. The van der Waals surface area contributed by atoms with E-state index in [0.29, 0.717) is 24.9 Å². The molecule has 21 heavy (non-hydrogen) atoms. The van der Waals surface area contributed by atoms with Crippen molar-refractivity contribution in [3.8, 4) is 5.75 Å². The van der Waals surface area contributed by atoms with Crippen molar-refractivity contribution in [3.05, 3.63) is 30.3 Å². The summed E-state index contributed by atoms with van der Waals surface area (Å²) < 4.78 is 5.61. The number of carbonyl (C=O) groups excluding carboxylic acids is 1. The van der Waals surface area contributed by atoms with Gasteiger partial charge >= 0.3 is 0 Å². The van der Waals surface area contributed by atoms with Crippen molar-refractivity contribution < 1.29 is 9.53 Å². The van der Waals surface area contributed by atoms with Crippen LogP contribution in [0.25, 0.3) is 0 Å². The minimum Gasteiger partial charge on any atom is -0.494 e. The number of para-hydroxylation sites is 1. The molecule has 4 nitrogen and oxygen atoms in total. The van der Waals surface area contributed by atoms with Gasteiger partial charge in [0.2, 0.25) is 5.91 Å². The quantitative estimate of drug-likeness (QED) is 0.845. The average molecular weight is 311 g/mol. The number of halogens is 1. The number of hydrogen-bond acceptors (Lipinski definition) is 3. The van der Waals surface area contributed by atoms with Gasteiger partial charge in [-0.05, 0) is 30.4 Å². The molecule has 0 spiro atoms. The summed E-state index contributed by atoms with van der Waals surface area (Å²) in [6.07, 6.45) is 1.39. The number of rotatable bonds is 5. The smallest absolute Gasteiger partial charge is 0.222 e. The number of nitrogens with zero attached hydrogens (tertiary/aromatic N) is 1. The highest BCUT2D eigenvalue weighted by atomic mass is 35.5. The number of ether oxygens (including phenoxy) is 1. The summed E-state index contributed by atoms with van der Waals surface area (Å²) in [4.78, 5) is 14.2. The molecule has 0 aliphatic carbocycles. The van der Waals surface area contributed by atoms with Gasteiger partial charge in [-0.1, -0.05) is 18.2 Å². The van der Waals surface area contributed by atoms with E-state index >= 15 is 0 Å². The van der Waals surface area contributed by atoms with Crippen molar-refractivity contribution in [2.45, 2.75) is 12.8 Å². The molecule has 0 radical (unpaired) electrons. The number of fused-ring (bicyclic) bond motifs is 1. The standard InChI is InChI=1S/C16H22N2O2.ClH/c19-16(18-11-13-9-17-10-14(13)12-18)7-4-8-20-15-5-2-1-3-6-15;/h1-3,5-6,13-14,17H,4,7-12H2;1H/t13-,14+;. The molecule has 2 atom stereocenters. The van der Waals surface area contributed by atoms with E-state index in [9.17, 15) is 4.79 Å². The van der Waals surface area contributed by atoms with Crippen molar-refractivity contribution >= 4 is 18.3 Å². The highest BCUT2D eigenvalue weighted by molar-refractivity contribution is 5.85. The first-order valence-corrected chi connectivity index (χ1v) is 7.49. The molecule has 0 bridgehead atoms. The summed E-state index contributed by atoms with van der Waals surface area (Å²) in [5.74, 6) is 2.52. The van der Waals surface area contributed by atoms with Gasteiger partial charge in [-0.2, -0.15) is 0 Å². The van der Waals surface area contributed by atoms with E-state index in [4.69, 9.17) is 4.74 Å². The molecule has 2 heterocycles. The average Bonchev–Trinajstić information content (AvgIpc) is 3.05. The molecule has 2 aliphatic heterocycles. The molecule has 2 saturated heterocycles. The van der Waals surface area contributed by atoms with Crippen LogP contribution in [0.3, 0.4) is 0 Å². The molecule has 1 amide bonds. The summed E-state index contributed by atoms with van der Waals surface area (Å²) in [6.45, 7) is 4.64. The zero-order valence-electron chi connectivity index (χ0n) is 12.2. The van der Waals surface area contributed by atoms with Crippen LogP contribution in [0, 0.1) is 11.8 Å². The van der Waals surface area contributed by atoms with Crippen LogP contribution in [0.4, 0.5) is 0 Å². The van der Waals surface area contributed by atoms with Gasteiger partial charge in [0.15, 0.2) is 0 Å². The lowest BCUT2D eigenvalue weighted by Gasteiger charge is -2.17. The summed E-state index contributed by atoms with van der Waals surface area (Å²) in [5, 5.41) is 3.40. The van der Waals surface area contributed by atoms with E-state index in [0.717, 1.165) is 38.3 Å². The molecular formula is C16H23ClN2O2. The van der Waals surface area contributed by atoms with Crippen molar-refractivity contribution in [3.63, 3.8) is 0 Å². The highest BCUT2D eigenvalue weighted by Gasteiger charge is 2.37. The van der Waals surface area contributed by atoms with E-state index in [1.807, 2.05) is 35.2 Å². The maximum absolute atomic E-state index is 12.1. The zero-order chi connectivity index (χ0) is 13.8. The van der Waals surface area contributed by atoms with Crippen molar-refractivity contribution in [2.75, 3.05) is 32.8 Å². The Bertz CT molecular complexity index is 443. The van der Waals surface area contributed by atoms with E-state index in [2.05, 4.69) is 5.32 Å². The Balaban J connectivity index is 0.00000161. The fourth-order valence-electron chi connectivity index (χ4n) is 3.15. The monoisotopic (exact) mass is 310 g/mol. The van der Waals surface area contributed by atoms with Crippen molar-refractivity contribution in [1.29, 1.82) is 0 Å². The minimum absolute atomic E-state index is 0. The van der Waals surface area contributed by atoms with Crippen LogP contribution in [-0.4, -0.2) is 43.6 Å². The Morgan fingerprint density at radius 2 is 1.86 bits per heavy atom. The molecule has 0 aromatic heterocycles. The van der Waals surface area contributed by atoms with E-state index < -0.39 is 0 Å². The van der Waals surface area contributed by atoms with Gasteiger partial charge < -0.3 is 15.0 Å². The Labute approximate surface area is 132 Å². The Kier molecular flexibility index (Phi) is 5.88. The maximum Gasteiger partial charge on any atom is 0.222 e. The van der Waals surface area contributed by atoms with Crippen molar-refractivity contribution in [2.24, 2.45) is 11.8 Å². The predicted molar refractivity (Wildman–Crippen MR) is 84.8 cm³/mol. The molecule has 5 heteroatoms. The van der Waals surface area contributed by atoms with Crippen LogP contribution in [0.1, 0.15) is 12.8 Å². The predicted octanol–water partition coefficient (Wildman–Crippen LogP) is 1.95. The minimum atomic E-state index is 0. The first-order valence-electron chi connectivity index (χ1n) is 7.49. The molecule has 1 N–H and O–H groups in total. The SMILES string of the molecule is Cl.O=C(CCCOc1ccccc1)N1C[C@H]2CNC[C@H]2C1. The van der Waals surface area contributed by atoms with Crippen LogP contribution >= 0.6 is 12.4 Å². The van der Waals surface area contributed by atoms with Gasteiger partial charge in [0.1, 0.15) is 5.75 Å². The fourth-order valence-corrected chi connectivity index (χ4v) is 3.15. The van der Waals surface area contributed by atoms with E-state index in [1.165, 1.54) is 0 Å². The van der Waals surface area contributed by atoms with Gasteiger partial charge in [-0.25, -0.2) is 0 Å². The largest absolute Gasteiger partial charge is 0.494 e. The molecular weight excluding hydrogens is 288 g/mol. The second-order valence-electron chi connectivity index (χ2n) is 5.74. The lowest BCUT2D eigenvalue weighted by molar-refractivity contribution is -0.130. The first kappa shape index (κ1) is 16.1. The van der Waals surface area contributed by atoms with E-state index in [1.54, 1.807) is 0 Å². The number of benzene rings is 1. The van der Waals surface area contributed by atoms with Gasteiger partial charge in [-0.3, -0.25) is 4.79 Å². The Morgan fingerprint density at radius 1 is 1.19 bits per heavy atom. The Morgan fingerprint density at radius 3 is 2.52 bits per heavy atom. The first-order chi connectivity index (χ1) is 9.83. The van der Waals surface area contributed by atoms with Crippen LogP contribution in [-0.2, 0) is 4.79 Å². The molecule has 1 aromatic carbocycles. The summed E-state index contributed by atoms with van der Waals surface area (Å²) in [5.41, 5.74) is 0. The molecule has 0 saturated carbocycles. The van der Waals surface area contributed by atoms with Crippen LogP contribution in [0.15, 0.2) is 30.3 Å². The molecule has 116 valence electrons. The maximum atomic E-state index is 12.1. The lowest BCUT2D eigenvalue weighted by Crippen LogP contribution is -2.31. The topological polar surface area (TPSA) is 41.6 Å². The highest BCUT2D eigenvalue weighted by Crippen LogP contribution is 2.26. The normalized spacial score (nSPS) is 23.5. The zero-order valence-corrected chi connectivity index (χ0v) is 13.0. The molecule has 1 aromatic rings. The van der Waals surface area contributed by atoms with Crippen LogP contribution < -0.4 is 10.1 Å². The second-order valence-corrected chi connectivity index (χ2v) is 5.74. The van der Waals surface area contributed by atoms with Crippen LogP contribution in [0.5, 0.6) is 5.75 Å². The van der Waals surface area contributed by atoms with Gasteiger partial charge in [-0.15, -0.1) is 12.4 Å². The molecule has 2 fully saturated rings. The van der Waals surface area contributed by atoms with E-state index in [-0.39, 0.29) is 18.3 Å². The Hall–Kier alpha value is -1.26. The number of carbonyl (C=O) groups is 1. The molecule has 2 aliphatic rings. The van der Waals surface area contributed by atoms with Gasteiger partial charge in [0, 0.05) is 32.6 Å². The summed E-state index contributed by atoms with van der Waals surface area (Å²) in [7, 11) is 0. The van der Waals surface area contributed by atoms with Crippen LogP contribution in [0.2, 0.25) is 0 Å². The lowest BCUT2D eigenvalue weighted by atomic mass is 10.0. The van der Waals surface area contributed by atoms with Gasteiger partial charge in [0.25, 0.3) is 0 Å². The third kappa shape index (κ3) is 4.11. The second kappa shape index (κ2) is 7.66. The fraction of sp³-hybridized carbons (Fsp3) is 0.562. The van der Waals surface area contributed by atoms with Gasteiger partial charge in [0.05, 0.1) is 6.61 Å². The third-order valence-corrected chi connectivity index (χ3v) is 4.29. The van der Waals surface area contributed by atoms with Crippen molar-refractivity contribution in [1.82, 2.24) is 10.2 Å². The molecule has 0 unspecified atom stereocenters. The number of likely N-dealkylation sites (tertiary alicyclic amines) is 1. The summed E-state index contributed by atoms with van der Waals surface area (Å²) >= 11 is 0.